The number of amides is 2. The van der Waals surface area contributed by atoms with Gasteiger partial charge in [0.1, 0.15) is 0 Å². The fourth-order valence-electron chi connectivity index (χ4n) is 2.33. The smallest absolute Gasteiger partial charge is 0.344 e. The molecular weight excluding hydrogens is 438 g/mol. The van der Waals surface area contributed by atoms with Crippen molar-refractivity contribution in [3.63, 3.8) is 0 Å². The lowest BCUT2D eigenvalue weighted by molar-refractivity contribution is -0.145. The van der Waals surface area contributed by atoms with Gasteiger partial charge in [-0.2, -0.15) is 0 Å². The van der Waals surface area contributed by atoms with Crippen LogP contribution < -0.4 is 9.47 Å². The molecule has 0 aromatic heterocycles. The van der Waals surface area contributed by atoms with E-state index in [0.717, 1.165) is 11.8 Å². The molecule has 1 heterocycles. The molecular formula is C18H20BrNO6S. The van der Waals surface area contributed by atoms with Gasteiger partial charge in [-0.25, -0.2) is 4.79 Å². The van der Waals surface area contributed by atoms with Crippen molar-refractivity contribution in [1.82, 2.24) is 4.90 Å². The summed E-state index contributed by atoms with van der Waals surface area (Å²) in [7, 11) is 0. The van der Waals surface area contributed by atoms with E-state index in [1.54, 1.807) is 32.1 Å². The average Bonchev–Trinajstić information content (AvgIpc) is 2.87. The first-order valence-corrected chi connectivity index (χ1v) is 10.0. The molecule has 0 aliphatic carbocycles. The quantitative estimate of drug-likeness (QED) is 0.432. The molecule has 7 nitrogen and oxygen atoms in total. The standard InChI is InChI=1S/C18H20BrNO6S/c1-4-20-17(22)14(27-18(20)23)9-11-7-12(19)16(13(8-11)24-5-2)26-10-15(21)25-6-3/h7-9H,4-6,10H2,1-3H3/b14-9+. The fraction of sp³-hybridized carbons (Fsp3) is 0.389. The van der Waals surface area contributed by atoms with E-state index in [4.69, 9.17) is 14.2 Å². The first kappa shape index (κ1) is 21.3. The lowest BCUT2D eigenvalue weighted by atomic mass is 10.2. The van der Waals surface area contributed by atoms with Crippen molar-refractivity contribution in [3.05, 3.63) is 27.1 Å². The molecule has 1 saturated heterocycles. The van der Waals surface area contributed by atoms with Crippen molar-refractivity contribution in [1.29, 1.82) is 0 Å². The highest BCUT2D eigenvalue weighted by atomic mass is 79.9. The monoisotopic (exact) mass is 457 g/mol. The summed E-state index contributed by atoms with van der Waals surface area (Å²) in [4.78, 5) is 37.1. The minimum absolute atomic E-state index is 0.249. The van der Waals surface area contributed by atoms with Gasteiger partial charge in [0.2, 0.25) is 0 Å². The second-order valence-electron chi connectivity index (χ2n) is 5.28. The van der Waals surface area contributed by atoms with Gasteiger partial charge >= 0.3 is 5.97 Å². The Morgan fingerprint density at radius 1 is 1.19 bits per heavy atom. The third-order valence-electron chi connectivity index (χ3n) is 3.46. The fourth-order valence-corrected chi connectivity index (χ4v) is 3.81. The van der Waals surface area contributed by atoms with Crippen molar-refractivity contribution < 1.29 is 28.6 Å². The summed E-state index contributed by atoms with van der Waals surface area (Å²) >= 11 is 4.30. The van der Waals surface area contributed by atoms with Crippen molar-refractivity contribution in [3.8, 4) is 11.5 Å². The van der Waals surface area contributed by atoms with Crippen LogP contribution >= 0.6 is 27.7 Å². The zero-order valence-electron chi connectivity index (χ0n) is 15.2. The van der Waals surface area contributed by atoms with Crippen LogP contribution in [0.1, 0.15) is 26.3 Å². The van der Waals surface area contributed by atoms with E-state index in [2.05, 4.69) is 15.9 Å². The molecule has 0 saturated carbocycles. The lowest BCUT2D eigenvalue weighted by Gasteiger charge is -2.14. The summed E-state index contributed by atoms with van der Waals surface area (Å²) in [6, 6.07) is 3.41. The Morgan fingerprint density at radius 2 is 1.93 bits per heavy atom. The van der Waals surface area contributed by atoms with E-state index >= 15 is 0 Å². The topological polar surface area (TPSA) is 82.1 Å². The number of rotatable bonds is 8. The summed E-state index contributed by atoms with van der Waals surface area (Å²) < 4.78 is 16.5. The Hall–Kier alpha value is -2.00. The van der Waals surface area contributed by atoms with Crippen molar-refractivity contribution >= 4 is 50.9 Å². The SMILES string of the molecule is CCOC(=O)COc1c(Br)cc(/C=C2/SC(=O)N(CC)C2=O)cc1OCC. The third kappa shape index (κ3) is 5.26. The van der Waals surface area contributed by atoms with Crippen LogP contribution in [0.5, 0.6) is 11.5 Å². The highest BCUT2D eigenvalue weighted by molar-refractivity contribution is 9.10. The van der Waals surface area contributed by atoms with Gasteiger partial charge in [-0.15, -0.1) is 0 Å². The van der Waals surface area contributed by atoms with Gasteiger partial charge in [-0.05, 0) is 72.2 Å². The van der Waals surface area contributed by atoms with Gasteiger partial charge in [-0.1, -0.05) is 0 Å². The van der Waals surface area contributed by atoms with E-state index in [-0.39, 0.29) is 24.4 Å². The number of thioether (sulfide) groups is 1. The lowest BCUT2D eigenvalue weighted by Crippen LogP contribution is -2.27. The first-order valence-electron chi connectivity index (χ1n) is 8.41. The second-order valence-corrected chi connectivity index (χ2v) is 7.13. The number of benzene rings is 1. The summed E-state index contributed by atoms with van der Waals surface area (Å²) in [5.74, 6) is -0.0192. The number of nitrogens with zero attached hydrogens (tertiary/aromatic N) is 1. The highest BCUT2D eigenvalue weighted by Crippen LogP contribution is 2.39. The number of halogens is 1. The van der Waals surface area contributed by atoms with Crippen LogP contribution in [0.25, 0.3) is 6.08 Å². The van der Waals surface area contributed by atoms with Gasteiger partial charge in [-0.3, -0.25) is 14.5 Å². The molecule has 1 aliphatic heterocycles. The Bertz CT molecular complexity index is 779. The molecule has 1 aromatic carbocycles. The molecule has 0 spiro atoms. The van der Waals surface area contributed by atoms with Gasteiger partial charge < -0.3 is 14.2 Å². The van der Waals surface area contributed by atoms with Gasteiger partial charge in [0, 0.05) is 6.54 Å². The van der Waals surface area contributed by atoms with E-state index in [1.807, 2.05) is 6.92 Å². The van der Waals surface area contributed by atoms with Crippen LogP contribution in [-0.2, 0) is 14.3 Å². The molecule has 146 valence electrons. The number of likely N-dealkylation sites (N-methyl/N-ethyl adjacent to an activating group) is 1. The van der Waals surface area contributed by atoms with Gasteiger partial charge in [0.15, 0.2) is 18.1 Å². The van der Waals surface area contributed by atoms with E-state index in [1.165, 1.54) is 4.90 Å². The molecule has 0 bridgehead atoms. The maximum absolute atomic E-state index is 12.2. The van der Waals surface area contributed by atoms with Crippen LogP contribution in [0.3, 0.4) is 0 Å². The first-order chi connectivity index (χ1) is 12.9. The molecule has 0 radical (unpaired) electrons. The molecule has 1 fully saturated rings. The summed E-state index contributed by atoms with van der Waals surface area (Å²) in [6.45, 7) is 6.03. The number of carbonyl (C=O) groups excluding carboxylic acids is 3. The maximum atomic E-state index is 12.2. The molecule has 0 N–H and O–H groups in total. The molecule has 2 rings (SSSR count). The van der Waals surface area contributed by atoms with Crippen LogP contribution in [-0.4, -0.2) is 48.4 Å². The number of carbonyl (C=O) groups is 3. The van der Waals surface area contributed by atoms with Gasteiger partial charge in [0.25, 0.3) is 11.1 Å². The number of hydrogen-bond donors (Lipinski definition) is 0. The average molecular weight is 458 g/mol. The minimum atomic E-state index is -0.482. The molecule has 0 atom stereocenters. The van der Waals surface area contributed by atoms with Crippen molar-refractivity contribution in [2.75, 3.05) is 26.4 Å². The summed E-state index contributed by atoms with van der Waals surface area (Å²) in [5.41, 5.74) is 0.662. The van der Waals surface area contributed by atoms with Crippen molar-refractivity contribution in [2.45, 2.75) is 20.8 Å². The molecule has 0 unspecified atom stereocenters. The zero-order valence-corrected chi connectivity index (χ0v) is 17.6. The normalized spacial score (nSPS) is 15.4. The predicted molar refractivity (Wildman–Crippen MR) is 106 cm³/mol. The maximum Gasteiger partial charge on any atom is 0.344 e. The summed E-state index contributed by atoms with van der Waals surface area (Å²) in [6.07, 6.45) is 1.63. The Morgan fingerprint density at radius 3 is 2.52 bits per heavy atom. The minimum Gasteiger partial charge on any atom is -0.490 e. The molecule has 2 amide bonds. The largest absolute Gasteiger partial charge is 0.490 e. The Kier molecular flexibility index (Phi) is 7.73. The van der Waals surface area contributed by atoms with E-state index in [0.29, 0.717) is 39.6 Å². The highest BCUT2D eigenvalue weighted by Gasteiger charge is 2.33. The number of ether oxygens (including phenoxy) is 3. The number of esters is 1. The Balaban J connectivity index is 2.29. The zero-order chi connectivity index (χ0) is 20.0. The van der Waals surface area contributed by atoms with Crippen LogP contribution in [0.4, 0.5) is 4.79 Å². The summed E-state index contributed by atoms with van der Waals surface area (Å²) in [5, 5.41) is -0.285. The number of imide groups is 1. The molecule has 9 heteroatoms. The van der Waals surface area contributed by atoms with Crippen LogP contribution in [0, 0.1) is 0 Å². The van der Waals surface area contributed by atoms with Gasteiger partial charge in [0.05, 0.1) is 22.6 Å². The Labute approximate surface area is 170 Å². The van der Waals surface area contributed by atoms with E-state index < -0.39 is 5.97 Å². The van der Waals surface area contributed by atoms with Crippen LogP contribution in [0.2, 0.25) is 0 Å². The predicted octanol–water partition coefficient (Wildman–Crippen LogP) is 3.85. The molecule has 1 aromatic rings. The third-order valence-corrected chi connectivity index (χ3v) is 4.96. The van der Waals surface area contributed by atoms with Crippen LogP contribution in [0.15, 0.2) is 21.5 Å². The molecule has 27 heavy (non-hydrogen) atoms. The van der Waals surface area contributed by atoms with Crippen molar-refractivity contribution in [2.24, 2.45) is 0 Å². The van der Waals surface area contributed by atoms with E-state index in [9.17, 15) is 14.4 Å². The number of hydrogen-bond acceptors (Lipinski definition) is 7. The second kappa shape index (κ2) is 9.80. The molecule has 1 aliphatic rings.